The second-order valence-corrected chi connectivity index (χ2v) is 6.32. The summed E-state index contributed by atoms with van der Waals surface area (Å²) in [5.41, 5.74) is 1.26. The van der Waals surface area contributed by atoms with E-state index < -0.39 is 0 Å². The van der Waals surface area contributed by atoms with Crippen molar-refractivity contribution in [1.82, 2.24) is 0 Å². The second-order valence-electron chi connectivity index (χ2n) is 5.08. The molecule has 1 aromatic carbocycles. The molecule has 0 saturated heterocycles. The summed E-state index contributed by atoms with van der Waals surface area (Å²) in [4.78, 5) is 0. The Kier molecular flexibility index (Phi) is 4.25. The lowest BCUT2D eigenvalue weighted by Crippen LogP contribution is -2.20. The predicted octanol–water partition coefficient (Wildman–Crippen LogP) is 3.63. The predicted molar refractivity (Wildman–Crippen MR) is 75.4 cm³/mol. The maximum absolute atomic E-state index is 10.2. The summed E-state index contributed by atoms with van der Waals surface area (Å²) < 4.78 is 1.25. The van der Waals surface area contributed by atoms with Gasteiger partial charge in [0.25, 0.3) is 0 Å². The Bertz CT molecular complexity index is 333. The van der Waals surface area contributed by atoms with Crippen LogP contribution in [0.15, 0.2) is 24.3 Å². The van der Waals surface area contributed by atoms with Crippen LogP contribution in [0.2, 0.25) is 0 Å². The maximum Gasteiger partial charge on any atom is 0.0608 e. The van der Waals surface area contributed by atoms with Crippen LogP contribution < -0.4 is 0 Å². The van der Waals surface area contributed by atoms with Crippen molar-refractivity contribution in [3.05, 3.63) is 33.4 Å². The summed E-state index contributed by atoms with van der Waals surface area (Å²) in [6.45, 7) is 2.29. The minimum absolute atomic E-state index is 0.148. The third kappa shape index (κ3) is 3.20. The number of rotatable bonds is 3. The van der Waals surface area contributed by atoms with Gasteiger partial charge in [-0.25, -0.2) is 0 Å². The Morgan fingerprint density at radius 1 is 1.31 bits per heavy atom. The fraction of sp³-hybridized carbons (Fsp3) is 0.571. The van der Waals surface area contributed by atoms with E-state index in [1.54, 1.807) is 0 Å². The van der Waals surface area contributed by atoms with Crippen LogP contribution in [-0.4, -0.2) is 11.2 Å². The minimum Gasteiger partial charge on any atom is -0.392 e. The van der Waals surface area contributed by atoms with Gasteiger partial charge in [0.2, 0.25) is 0 Å². The van der Waals surface area contributed by atoms with Gasteiger partial charge < -0.3 is 5.11 Å². The van der Waals surface area contributed by atoms with Crippen LogP contribution in [-0.2, 0) is 6.42 Å². The molecule has 0 bridgehead atoms. The largest absolute Gasteiger partial charge is 0.392 e. The van der Waals surface area contributed by atoms with Gasteiger partial charge in [-0.3, -0.25) is 0 Å². The third-order valence-electron chi connectivity index (χ3n) is 3.64. The Labute approximate surface area is 111 Å². The van der Waals surface area contributed by atoms with E-state index in [0.717, 1.165) is 12.3 Å². The average molecular weight is 330 g/mol. The molecule has 3 atom stereocenters. The molecule has 3 unspecified atom stereocenters. The smallest absolute Gasteiger partial charge is 0.0608 e. The molecule has 88 valence electrons. The Morgan fingerprint density at radius 2 is 2.00 bits per heavy atom. The van der Waals surface area contributed by atoms with Crippen LogP contribution in [0.25, 0.3) is 0 Å². The lowest BCUT2D eigenvalue weighted by Gasteiger charge is -2.18. The molecule has 1 nitrogen and oxygen atoms in total. The van der Waals surface area contributed by atoms with Crippen molar-refractivity contribution >= 4 is 22.6 Å². The molecule has 1 aromatic rings. The monoisotopic (exact) mass is 330 g/mol. The van der Waals surface area contributed by atoms with E-state index in [-0.39, 0.29) is 6.10 Å². The standard InChI is InChI=1S/C14H19IO/c1-10-2-5-12(8-10)14(16)9-11-3-6-13(15)7-4-11/h3-4,6-7,10,12,14,16H,2,5,8-9H2,1H3. The van der Waals surface area contributed by atoms with Gasteiger partial charge in [-0.1, -0.05) is 25.5 Å². The van der Waals surface area contributed by atoms with Crippen molar-refractivity contribution < 1.29 is 5.11 Å². The lowest BCUT2D eigenvalue weighted by atomic mass is 9.94. The zero-order valence-electron chi connectivity index (χ0n) is 9.70. The molecule has 1 saturated carbocycles. The maximum atomic E-state index is 10.2. The summed E-state index contributed by atoms with van der Waals surface area (Å²) in [5, 5.41) is 10.2. The van der Waals surface area contributed by atoms with E-state index in [1.807, 2.05) is 0 Å². The molecule has 2 rings (SSSR count). The number of hydrogen-bond donors (Lipinski definition) is 1. The summed E-state index contributed by atoms with van der Waals surface area (Å²) >= 11 is 2.31. The quantitative estimate of drug-likeness (QED) is 0.839. The molecular formula is C14H19IO. The van der Waals surface area contributed by atoms with E-state index in [2.05, 4.69) is 53.8 Å². The van der Waals surface area contributed by atoms with Crippen LogP contribution >= 0.6 is 22.6 Å². The zero-order chi connectivity index (χ0) is 11.5. The molecule has 0 amide bonds. The highest BCUT2D eigenvalue weighted by atomic mass is 127. The minimum atomic E-state index is -0.148. The van der Waals surface area contributed by atoms with Crippen LogP contribution in [0.3, 0.4) is 0 Å². The van der Waals surface area contributed by atoms with Crippen LogP contribution in [0.4, 0.5) is 0 Å². The van der Waals surface area contributed by atoms with Crippen molar-refractivity contribution in [2.45, 2.75) is 38.7 Å². The van der Waals surface area contributed by atoms with Crippen molar-refractivity contribution in [3.63, 3.8) is 0 Å². The summed E-state index contributed by atoms with van der Waals surface area (Å²) in [5.74, 6) is 1.32. The third-order valence-corrected chi connectivity index (χ3v) is 4.36. The highest BCUT2D eigenvalue weighted by molar-refractivity contribution is 14.1. The first-order valence-electron chi connectivity index (χ1n) is 6.07. The number of hydrogen-bond acceptors (Lipinski definition) is 1. The fourth-order valence-electron chi connectivity index (χ4n) is 2.63. The molecular weight excluding hydrogens is 311 g/mol. The average Bonchev–Trinajstić information content (AvgIpc) is 2.68. The fourth-order valence-corrected chi connectivity index (χ4v) is 2.99. The van der Waals surface area contributed by atoms with E-state index >= 15 is 0 Å². The molecule has 0 aliphatic heterocycles. The molecule has 0 aromatic heterocycles. The van der Waals surface area contributed by atoms with E-state index in [1.165, 1.54) is 28.4 Å². The van der Waals surface area contributed by atoms with Gasteiger partial charge in [0, 0.05) is 3.57 Å². The first-order valence-corrected chi connectivity index (χ1v) is 7.15. The highest BCUT2D eigenvalue weighted by Gasteiger charge is 2.27. The van der Waals surface area contributed by atoms with Gasteiger partial charge in [0.1, 0.15) is 0 Å². The van der Waals surface area contributed by atoms with Gasteiger partial charge in [0.05, 0.1) is 6.10 Å². The molecule has 2 heteroatoms. The summed E-state index contributed by atoms with van der Waals surface area (Å²) in [6, 6.07) is 8.48. The van der Waals surface area contributed by atoms with E-state index in [4.69, 9.17) is 0 Å². The van der Waals surface area contributed by atoms with Crippen molar-refractivity contribution in [3.8, 4) is 0 Å². The zero-order valence-corrected chi connectivity index (χ0v) is 11.9. The second kappa shape index (κ2) is 5.50. The SMILES string of the molecule is CC1CCC(C(O)Cc2ccc(I)cc2)C1. The van der Waals surface area contributed by atoms with Gasteiger partial charge in [-0.15, -0.1) is 0 Å². The van der Waals surface area contributed by atoms with Crippen LogP contribution in [0.1, 0.15) is 31.7 Å². The molecule has 1 N–H and O–H groups in total. The molecule has 1 aliphatic rings. The number of aliphatic hydroxyl groups excluding tert-OH is 1. The summed E-state index contributed by atoms with van der Waals surface area (Å²) in [6.07, 6.45) is 4.35. The van der Waals surface area contributed by atoms with Gasteiger partial charge in [-0.2, -0.15) is 0 Å². The number of halogens is 1. The van der Waals surface area contributed by atoms with Crippen LogP contribution in [0.5, 0.6) is 0 Å². The van der Waals surface area contributed by atoms with Gasteiger partial charge in [-0.05, 0) is 71.4 Å². The molecule has 1 aliphatic carbocycles. The molecule has 0 spiro atoms. The molecule has 0 radical (unpaired) electrons. The first kappa shape index (κ1) is 12.4. The van der Waals surface area contributed by atoms with Gasteiger partial charge >= 0.3 is 0 Å². The Morgan fingerprint density at radius 3 is 2.56 bits per heavy atom. The summed E-state index contributed by atoms with van der Waals surface area (Å²) in [7, 11) is 0. The van der Waals surface area contributed by atoms with Crippen molar-refractivity contribution in [2.24, 2.45) is 11.8 Å². The van der Waals surface area contributed by atoms with Gasteiger partial charge in [0.15, 0.2) is 0 Å². The van der Waals surface area contributed by atoms with Crippen molar-refractivity contribution in [2.75, 3.05) is 0 Å². The molecule has 0 heterocycles. The topological polar surface area (TPSA) is 20.2 Å². The molecule has 16 heavy (non-hydrogen) atoms. The lowest BCUT2D eigenvalue weighted by molar-refractivity contribution is 0.109. The molecule has 1 fully saturated rings. The Balaban J connectivity index is 1.91. The van der Waals surface area contributed by atoms with Crippen molar-refractivity contribution in [1.29, 1.82) is 0 Å². The normalized spacial score (nSPS) is 26.9. The van der Waals surface area contributed by atoms with E-state index in [9.17, 15) is 5.11 Å². The number of aliphatic hydroxyl groups is 1. The highest BCUT2D eigenvalue weighted by Crippen LogP contribution is 2.33. The van der Waals surface area contributed by atoms with E-state index in [0.29, 0.717) is 5.92 Å². The first-order chi connectivity index (χ1) is 7.65. The number of benzene rings is 1. The van der Waals surface area contributed by atoms with Crippen LogP contribution in [0, 0.1) is 15.4 Å². The Hall–Kier alpha value is -0.0900.